The van der Waals surface area contributed by atoms with Crippen molar-refractivity contribution in [2.24, 2.45) is 0 Å². The van der Waals surface area contributed by atoms with Gasteiger partial charge in [0.15, 0.2) is 0 Å². The molecule has 0 bridgehead atoms. The molecule has 1 aliphatic heterocycles. The highest BCUT2D eigenvalue weighted by Crippen LogP contribution is 2.32. The number of carbonyl (C=O) groups is 1. The Labute approximate surface area is 145 Å². The third kappa shape index (κ3) is 2.70. The van der Waals surface area contributed by atoms with Gasteiger partial charge in [-0.1, -0.05) is 0 Å². The summed E-state index contributed by atoms with van der Waals surface area (Å²) in [5.74, 6) is 0.893. The summed E-state index contributed by atoms with van der Waals surface area (Å²) in [6, 6.07) is 5.68. The molecule has 0 spiro atoms. The van der Waals surface area contributed by atoms with Gasteiger partial charge >= 0.3 is 5.97 Å². The highest BCUT2D eigenvalue weighted by Gasteiger charge is 2.27. The molecule has 3 aromatic rings. The quantitative estimate of drug-likeness (QED) is 0.738. The van der Waals surface area contributed by atoms with E-state index in [4.69, 9.17) is 9.15 Å². The molecular formula is C18H20N4O3. The van der Waals surface area contributed by atoms with Crippen molar-refractivity contribution in [3.63, 3.8) is 0 Å². The van der Waals surface area contributed by atoms with Crippen molar-refractivity contribution in [2.45, 2.75) is 32.9 Å². The average Bonchev–Trinajstić information content (AvgIpc) is 3.22. The predicted octanol–water partition coefficient (Wildman–Crippen LogP) is 2.77. The minimum Gasteiger partial charge on any atom is -0.465 e. The molecule has 2 aromatic heterocycles. The lowest BCUT2D eigenvalue weighted by molar-refractivity contribution is 0.0601. The van der Waals surface area contributed by atoms with Gasteiger partial charge in [-0.05, 0) is 30.7 Å². The van der Waals surface area contributed by atoms with E-state index >= 15 is 0 Å². The van der Waals surface area contributed by atoms with Crippen LogP contribution in [0.25, 0.3) is 10.9 Å². The van der Waals surface area contributed by atoms with E-state index in [1.807, 2.05) is 12.1 Å². The Balaban J connectivity index is 1.68. The molecule has 7 nitrogen and oxygen atoms in total. The van der Waals surface area contributed by atoms with Crippen molar-refractivity contribution in [1.82, 2.24) is 20.1 Å². The van der Waals surface area contributed by atoms with Crippen LogP contribution in [0.4, 0.5) is 0 Å². The van der Waals surface area contributed by atoms with Crippen LogP contribution in [0.3, 0.4) is 0 Å². The molecule has 0 saturated carbocycles. The first-order valence-electron chi connectivity index (χ1n) is 8.32. The number of ether oxygens (including phenoxy) is 1. The molecule has 1 N–H and O–H groups in total. The van der Waals surface area contributed by atoms with E-state index < -0.39 is 0 Å². The summed E-state index contributed by atoms with van der Waals surface area (Å²) in [6.07, 6.45) is 0.912. The van der Waals surface area contributed by atoms with Crippen LogP contribution in [0.5, 0.6) is 0 Å². The van der Waals surface area contributed by atoms with Crippen LogP contribution in [0, 0.1) is 6.92 Å². The van der Waals surface area contributed by atoms with Crippen molar-refractivity contribution in [3.8, 4) is 0 Å². The Morgan fingerprint density at radius 1 is 1.40 bits per heavy atom. The molecule has 0 fully saturated rings. The van der Waals surface area contributed by atoms with Crippen LogP contribution in [-0.2, 0) is 17.7 Å². The Morgan fingerprint density at radius 2 is 2.24 bits per heavy atom. The predicted molar refractivity (Wildman–Crippen MR) is 91.2 cm³/mol. The molecule has 130 valence electrons. The van der Waals surface area contributed by atoms with Gasteiger partial charge in [0.05, 0.1) is 18.7 Å². The highest BCUT2D eigenvalue weighted by atomic mass is 16.5. The van der Waals surface area contributed by atoms with E-state index in [2.05, 4.69) is 27.0 Å². The topological polar surface area (TPSA) is 84.3 Å². The molecule has 25 heavy (non-hydrogen) atoms. The Bertz CT molecular complexity index is 943. The molecule has 1 aromatic carbocycles. The van der Waals surface area contributed by atoms with E-state index in [9.17, 15) is 4.79 Å². The number of benzene rings is 1. The number of H-pyrrole nitrogens is 1. The molecule has 4 rings (SSSR count). The molecule has 0 aliphatic carbocycles. The largest absolute Gasteiger partial charge is 0.465 e. The van der Waals surface area contributed by atoms with Crippen LogP contribution in [0.15, 0.2) is 22.6 Å². The summed E-state index contributed by atoms with van der Waals surface area (Å²) in [7, 11) is 1.40. The van der Waals surface area contributed by atoms with Crippen LogP contribution in [-0.4, -0.2) is 39.7 Å². The number of hydrogen-bond acceptors (Lipinski definition) is 6. The number of esters is 1. The first kappa shape index (κ1) is 15.8. The number of rotatable bonds is 3. The van der Waals surface area contributed by atoms with E-state index in [0.29, 0.717) is 17.3 Å². The number of aromatic nitrogens is 3. The Morgan fingerprint density at radius 3 is 2.96 bits per heavy atom. The number of nitrogens with one attached hydrogen (secondary N) is 1. The maximum Gasteiger partial charge on any atom is 0.337 e. The fourth-order valence-corrected chi connectivity index (χ4v) is 3.45. The van der Waals surface area contributed by atoms with Gasteiger partial charge in [0.25, 0.3) is 0 Å². The fraction of sp³-hybridized carbons (Fsp3) is 0.389. The standard InChI is InChI=1S/C18H20N4O3/c1-10(17-21-20-11(2)25-17)22-7-6-16-14(9-22)13-8-12(18(23)24-3)4-5-15(13)19-16/h4-5,8,10,19H,6-7,9H2,1-3H3. The van der Waals surface area contributed by atoms with Crippen LogP contribution < -0.4 is 0 Å². The molecule has 7 heteroatoms. The van der Waals surface area contributed by atoms with E-state index in [0.717, 1.165) is 30.4 Å². The molecule has 1 unspecified atom stereocenters. The summed E-state index contributed by atoms with van der Waals surface area (Å²) in [6.45, 7) is 5.55. The smallest absolute Gasteiger partial charge is 0.337 e. The van der Waals surface area contributed by atoms with Gasteiger partial charge in [-0.2, -0.15) is 0 Å². The second kappa shape index (κ2) is 6.00. The number of methoxy groups -OCH3 is 1. The number of aromatic amines is 1. The Kier molecular flexibility index (Phi) is 3.80. The number of aryl methyl sites for hydroxylation is 1. The first-order valence-corrected chi connectivity index (χ1v) is 8.32. The number of fused-ring (bicyclic) bond motifs is 3. The van der Waals surface area contributed by atoms with Gasteiger partial charge in [0.1, 0.15) is 0 Å². The van der Waals surface area contributed by atoms with Crippen molar-refractivity contribution < 1.29 is 13.9 Å². The lowest BCUT2D eigenvalue weighted by Gasteiger charge is -2.30. The lowest BCUT2D eigenvalue weighted by atomic mass is 10.0. The summed E-state index contributed by atoms with van der Waals surface area (Å²) >= 11 is 0. The summed E-state index contributed by atoms with van der Waals surface area (Å²) < 4.78 is 10.4. The van der Waals surface area contributed by atoms with Crippen molar-refractivity contribution in [3.05, 3.63) is 46.8 Å². The van der Waals surface area contributed by atoms with Gasteiger partial charge in [-0.15, -0.1) is 10.2 Å². The van der Waals surface area contributed by atoms with E-state index in [1.54, 1.807) is 13.0 Å². The molecule has 1 aliphatic rings. The maximum atomic E-state index is 11.8. The molecule has 0 saturated heterocycles. The normalized spacial score (nSPS) is 16.0. The van der Waals surface area contributed by atoms with Crippen LogP contribution >= 0.6 is 0 Å². The third-order valence-electron chi connectivity index (χ3n) is 4.87. The fourth-order valence-electron chi connectivity index (χ4n) is 3.45. The lowest BCUT2D eigenvalue weighted by Crippen LogP contribution is -2.32. The molecule has 0 radical (unpaired) electrons. The van der Waals surface area contributed by atoms with Crippen LogP contribution in [0.2, 0.25) is 0 Å². The second-order valence-electron chi connectivity index (χ2n) is 6.39. The third-order valence-corrected chi connectivity index (χ3v) is 4.87. The molecular weight excluding hydrogens is 320 g/mol. The van der Waals surface area contributed by atoms with Gasteiger partial charge < -0.3 is 14.1 Å². The zero-order chi connectivity index (χ0) is 17.6. The zero-order valence-corrected chi connectivity index (χ0v) is 14.5. The number of hydrogen-bond donors (Lipinski definition) is 1. The number of nitrogens with zero attached hydrogens (tertiary/aromatic N) is 3. The minimum absolute atomic E-state index is 0.0445. The maximum absolute atomic E-state index is 11.8. The Hall–Kier alpha value is -2.67. The molecule has 1 atom stereocenters. The summed E-state index contributed by atoms with van der Waals surface area (Å²) in [5.41, 5.74) is 4.05. The zero-order valence-electron chi connectivity index (χ0n) is 14.5. The second-order valence-corrected chi connectivity index (χ2v) is 6.39. The van der Waals surface area contributed by atoms with Crippen molar-refractivity contribution >= 4 is 16.9 Å². The summed E-state index contributed by atoms with van der Waals surface area (Å²) in [4.78, 5) is 17.6. The average molecular weight is 340 g/mol. The van der Waals surface area contributed by atoms with Crippen molar-refractivity contribution in [1.29, 1.82) is 0 Å². The minimum atomic E-state index is -0.320. The molecule has 3 heterocycles. The van der Waals surface area contributed by atoms with Crippen molar-refractivity contribution in [2.75, 3.05) is 13.7 Å². The van der Waals surface area contributed by atoms with Gasteiger partial charge in [-0.3, -0.25) is 4.90 Å². The monoisotopic (exact) mass is 340 g/mol. The van der Waals surface area contributed by atoms with Gasteiger partial charge in [0, 0.05) is 43.0 Å². The van der Waals surface area contributed by atoms with E-state index in [-0.39, 0.29) is 12.0 Å². The van der Waals surface area contributed by atoms with E-state index in [1.165, 1.54) is 18.4 Å². The number of carbonyl (C=O) groups excluding carboxylic acids is 1. The summed E-state index contributed by atoms with van der Waals surface area (Å²) in [5, 5.41) is 9.14. The molecule has 0 amide bonds. The SMILES string of the molecule is COC(=O)c1ccc2[nH]c3c(c2c1)CN(C(C)c1nnc(C)o1)CC3. The van der Waals surface area contributed by atoms with Gasteiger partial charge in [0.2, 0.25) is 11.8 Å². The highest BCUT2D eigenvalue weighted by molar-refractivity contribution is 5.96. The van der Waals surface area contributed by atoms with Gasteiger partial charge in [-0.25, -0.2) is 4.79 Å². The van der Waals surface area contributed by atoms with Crippen LogP contribution in [0.1, 0.15) is 46.4 Å². The first-order chi connectivity index (χ1) is 12.1.